The summed E-state index contributed by atoms with van der Waals surface area (Å²) in [5.74, 6) is 1.63. The molecule has 4 rings (SSSR count). The first kappa shape index (κ1) is 14.9. The van der Waals surface area contributed by atoms with Crippen LogP contribution in [0.3, 0.4) is 0 Å². The van der Waals surface area contributed by atoms with Gasteiger partial charge in [0.05, 0.1) is 17.8 Å². The Balaban J connectivity index is 1.99. The van der Waals surface area contributed by atoms with Gasteiger partial charge in [-0.25, -0.2) is 9.97 Å². The molecule has 4 heteroatoms. The van der Waals surface area contributed by atoms with Crippen LogP contribution in [0.5, 0.6) is 5.75 Å². The molecule has 4 nitrogen and oxygen atoms in total. The van der Waals surface area contributed by atoms with E-state index in [-0.39, 0.29) is 0 Å². The third-order valence-corrected chi connectivity index (χ3v) is 4.48. The molecular weight excluding hydrogens is 298 g/mol. The van der Waals surface area contributed by atoms with E-state index < -0.39 is 0 Å². The van der Waals surface area contributed by atoms with Crippen LogP contribution in [0.15, 0.2) is 48.8 Å². The Hall–Kier alpha value is -2.62. The lowest BCUT2D eigenvalue weighted by atomic mass is 9.97. The molecule has 0 aliphatic heterocycles. The molecule has 1 aliphatic carbocycles. The molecule has 0 amide bonds. The Morgan fingerprint density at radius 1 is 1.12 bits per heavy atom. The maximum atomic E-state index is 5.84. The van der Waals surface area contributed by atoms with E-state index in [0.717, 1.165) is 29.5 Å². The van der Waals surface area contributed by atoms with Crippen LogP contribution in [0.25, 0.3) is 22.4 Å². The van der Waals surface area contributed by atoms with E-state index in [0.29, 0.717) is 12.6 Å². The van der Waals surface area contributed by atoms with Crippen LogP contribution in [0.4, 0.5) is 0 Å². The highest BCUT2D eigenvalue weighted by atomic mass is 16.5. The second-order valence-electron chi connectivity index (χ2n) is 6.01. The largest absolute Gasteiger partial charge is 0.493 e. The Morgan fingerprint density at radius 3 is 2.75 bits per heavy atom. The fraction of sp³-hybridized carbons (Fsp3) is 0.300. The third-order valence-electron chi connectivity index (χ3n) is 4.48. The Morgan fingerprint density at radius 2 is 2.00 bits per heavy atom. The molecule has 2 aromatic heterocycles. The second kappa shape index (κ2) is 6.48. The van der Waals surface area contributed by atoms with E-state index in [2.05, 4.69) is 32.7 Å². The summed E-state index contributed by atoms with van der Waals surface area (Å²) in [5, 5.41) is 1.12. The average molecular weight is 319 g/mol. The van der Waals surface area contributed by atoms with Crippen molar-refractivity contribution < 1.29 is 4.74 Å². The van der Waals surface area contributed by atoms with Gasteiger partial charge in [-0.15, -0.1) is 0 Å². The molecule has 24 heavy (non-hydrogen) atoms. The van der Waals surface area contributed by atoms with Gasteiger partial charge in [-0.1, -0.05) is 12.1 Å². The molecule has 1 aliphatic rings. The smallest absolute Gasteiger partial charge is 0.234 e. The minimum absolute atomic E-state index is 0.657. The lowest BCUT2D eigenvalue weighted by Crippen LogP contribution is -2.05. The predicted molar refractivity (Wildman–Crippen MR) is 96.5 cm³/mol. The number of aromatic nitrogens is 3. The number of allylic oxidation sites excluding steroid dienone is 2. The molecule has 3 aromatic rings. The zero-order chi connectivity index (χ0) is 16.4. The zero-order valence-corrected chi connectivity index (χ0v) is 13.9. The van der Waals surface area contributed by atoms with Crippen molar-refractivity contribution in [3.05, 3.63) is 54.5 Å². The van der Waals surface area contributed by atoms with E-state index in [1.54, 1.807) is 12.4 Å². The second-order valence-corrected chi connectivity index (χ2v) is 6.01. The van der Waals surface area contributed by atoms with Gasteiger partial charge in [0.15, 0.2) is 0 Å². The molecule has 0 spiro atoms. The van der Waals surface area contributed by atoms with Crippen molar-refractivity contribution in [3.8, 4) is 11.7 Å². The van der Waals surface area contributed by atoms with Gasteiger partial charge >= 0.3 is 0 Å². The summed E-state index contributed by atoms with van der Waals surface area (Å²) in [6.45, 7) is 2.67. The molecule has 0 radical (unpaired) electrons. The van der Waals surface area contributed by atoms with Crippen molar-refractivity contribution in [1.29, 1.82) is 0 Å². The molecule has 2 heterocycles. The van der Waals surface area contributed by atoms with Crippen LogP contribution < -0.4 is 4.74 Å². The summed E-state index contributed by atoms with van der Waals surface area (Å²) in [7, 11) is 0. The maximum absolute atomic E-state index is 5.84. The van der Waals surface area contributed by atoms with Gasteiger partial charge in [-0.05, 0) is 62.4 Å². The number of nitrogens with zero attached hydrogens (tertiary/aromatic N) is 3. The number of hydrogen-bond donors (Lipinski definition) is 0. The molecule has 0 N–H and O–H groups in total. The normalized spacial score (nSPS) is 14.6. The van der Waals surface area contributed by atoms with Crippen LogP contribution >= 0.6 is 0 Å². The van der Waals surface area contributed by atoms with Gasteiger partial charge in [0.2, 0.25) is 5.95 Å². The number of rotatable bonds is 4. The van der Waals surface area contributed by atoms with E-state index in [4.69, 9.17) is 4.74 Å². The lowest BCUT2D eigenvalue weighted by Gasteiger charge is -2.15. The highest BCUT2D eigenvalue weighted by Crippen LogP contribution is 2.36. The molecule has 0 saturated carbocycles. The fourth-order valence-corrected chi connectivity index (χ4v) is 3.41. The number of fused-ring (bicyclic) bond motifs is 1. The molecular formula is C20H21N3O. The fourth-order valence-electron chi connectivity index (χ4n) is 3.41. The van der Waals surface area contributed by atoms with E-state index >= 15 is 0 Å². The van der Waals surface area contributed by atoms with Gasteiger partial charge in [0, 0.05) is 17.8 Å². The first-order valence-corrected chi connectivity index (χ1v) is 8.62. The van der Waals surface area contributed by atoms with Crippen molar-refractivity contribution >= 4 is 16.5 Å². The zero-order valence-electron chi connectivity index (χ0n) is 13.9. The van der Waals surface area contributed by atoms with Gasteiger partial charge in [-0.3, -0.25) is 4.57 Å². The molecule has 1 aromatic carbocycles. The summed E-state index contributed by atoms with van der Waals surface area (Å²) in [4.78, 5) is 8.97. The minimum Gasteiger partial charge on any atom is -0.493 e. The van der Waals surface area contributed by atoms with Gasteiger partial charge in [0.25, 0.3) is 0 Å². The van der Waals surface area contributed by atoms with Crippen LogP contribution in [0.2, 0.25) is 0 Å². The van der Waals surface area contributed by atoms with E-state index in [1.807, 2.05) is 25.1 Å². The van der Waals surface area contributed by atoms with Crippen LogP contribution in [0.1, 0.15) is 38.3 Å². The summed E-state index contributed by atoms with van der Waals surface area (Å²) in [6, 6.07) is 10.3. The van der Waals surface area contributed by atoms with Crippen molar-refractivity contribution in [2.24, 2.45) is 0 Å². The summed E-state index contributed by atoms with van der Waals surface area (Å²) < 4.78 is 8.00. The topological polar surface area (TPSA) is 39.9 Å². The van der Waals surface area contributed by atoms with Gasteiger partial charge in [0.1, 0.15) is 5.75 Å². The average Bonchev–Trinajstić information content (AvgIpc) is 3.04. The monoisotopic (exact) mass is 319 g/mol. The van der Waals surface area contributed by atoms with Crippen molar-refractivity contribution in [3.63, 3.8) is 0 Å². The first-order chi connectivity index (χ1) is 11.9. The van der Waals surface area contributed by atoms with Crippen LogP contribution in [-0.2, 0) is 0 Å². The minimum atomic E-state index is 0.657. The molecule has 0 saturated heterocycles. The van der Waals surface area contributed by atoms with E-state index in [1.165, 1.54) is 24.1 Å². The molecule has 0 atom stereocenters. The van der Waals surface area contributed by atoms with Gasteiger partial charge in [-0.2, -0.15) is 0 Å². The maximum Gasteiger partial charge on any atom is 0.234 e. The standard InChI is InChI=1S/C20H21N3O/c1-2-24-19-11-6-10-17-16(19)14-18(15-8-4-3-5-9-15)23(17)20-21-12-7-13-22-20/h6-8,10-14H,2-5,9H2,1H3. The molecule has 0 fully saturated rings. The van der Waals surface area contributed by atoms with Crippen molar-refractivity contribution in [2.75, 3.05) is 6.61 Å². The Labute approximate surface area is 141 Å². The Kier molecular flexibility index (Phi) is 4.03. The van der Waals surface area contributed by atoms with Crippen molar-refractivity contribution in [1.82, 2.24) is 14.5 Å². The van der Waals surface area contributed by atoms with Crippen LogP contribution in [0, 0.1) is 0 Å². The van der Waals surface area contributed by atoms with Crippen molar-refractivity contribution in [2.45, 2.75) is 32.6 Å². The summed E-state index contributed by atoms with van der Waals surface area (Å²) in [6.07, 6.45) is 10.7. The molecule has 0 bridgehead atoms. The van der Waals surface area contributed by atoms with Crippen LogP contribution in [-0.4, -0.2) is 21.1 Å². The molecule has 0 unspecified atom stereocenters. The SMILES string of the molecule is CCOc1cccc2c1cc(C1=CCCCC1)n2-c1ncccn1. The summed E-state index contributed by atoms with van der Waals surface area (Å²) >= 11 is 0. The van der Waals surface area contributed by atoms with E-state index in [9.17, 15) is 0 Å². The molecule has 122 valence electrons. The number of ether oxygens (including phenoxy) is 1. The predicted octanol–water partition coefficient (Wildman–Crippen LogP) is 4.78. The summed E-state index contributed by atoms with van der Waals surface area (Å²) in [5.41, 5.74) is 3.66. The lowest BCUT2D eigenvalue weighted by molar-refractivity contribution is 0.344. The first-order valence-electron chi connectivity index (χ1n) is 8.62. The number of benzene rings is 1. The third kappa shape index (κ3) is 2.58. The highest BCUT2D eigenvalue weighted by molar-refractivity contribution is 5.92. The Bertz CT molecular complexity index is 881. The number of hydrogen-bond acceptors (Lipinski definition) is 3. The van der Waals surface area contributed by atoms with Gasteiger partial charge < -0.3 is 4.74 Å². The highest BCUT2D eigenvalue weighted by Gasteiger charge is 2.18. The quantitative estimate of drug-likeness (QED) is 0.695.